The molecule has 0 bridgehead atoms. The Labute approximate surface area is 200 Å². The first-order valence-corrected chi connectivity index (χ1v) is 11.0. The normalized spacial score (nSPS) is 15.1. The van der Waals surface area contributed by atoms with Crippen molar-refractivity contribution in [3.05, 3.63) is 53.6 Å². The monoisotopic (exact) mass is 468 g/mol. The first kappa shape index (κ1) is 24.9. The Hall–Kier alpha value is -3.75. The number of hydrazone groups is 1. The van der Waals surface area contributed by atoms with Crippen LogP contribution in [0.25, 0.3) is 0 Å². The van der Waals surface area contributed by atoms with Crippen molar-refractivity contribution in [1.29, 1.82) is 0 Å². The molecule has 0 aromatic heterocycles. The van der Waals surface area contributed by atoms with Gasteiger partial charge in [0.2, 0.25) is 0 Å². The lowest BCUT2D eigenvalue weighted by Gasteiger charge is -2.25. The summed E-state index contributed by atoms with van der Waals surface area (Å²) in [6.45, 7) is 3.63. The van der Waals surface area contributed by atoms with E-state index in [2.05, 4.69) is 10.4 Å². The van der Waals surface area contributed by atoms with E-state index in [-0.39, 0.29) is 30.6 Å². The van der Waals surface area contributed by atoms with Crippen LogP contribution in [0.2, 0.25) is 0 Å². The van der Waals surface area contributed by atoms with Crippen LogP contribution in [0.5, 0.6) is 17.2 Å². The van der Waals surface area contributed by atoms with Gasteiger partial charge in [-0.15, -0.1) is 0 Å². The van der Waals surface area contributed by atoms with E-state index >= 15 is 0 Å². The van der Waals surface area contributed by atoms with Crippen molar-refractivity contribution in [2.75, 3.05) is 34.9 Å². The fourth-order valence-electron chi connectivity index (χ4n) is 3.73. The third-order valence-corrected chi connectivity index (χ3v) is 5.52. The Bertz CT molecular complexity index is 1050. The smallest absolute Gasteiger partial charge is 0.317 e. The highest BCUT2D eigenvalue weighted by atomic mass is 16.5. The van der Waals surface area contributed by atoms with E-state index < -0.39 is 0 Å². The maximum atomic E-state index is 13.3. The van der Waals surface area contributed by atoms with Gasteiger partial charge in [-0.25, -0.2) is 9.80 Å². The van der Waals surface area contributed by atoms with E-state index in [0.29, 0.717) is 23.6 Å². The number of carbonyl (C=O) groups excluding carboxylic acids is 2. The second kappa shape index (κ2) is 10.9. The van der Waals surface area contributed by atoms with E-state index in [4.69, 9.17) is 14.2 Å². The Morgan fingerprint density at radius 1 is 1.06 bits per heavy atom. The van der Waals surface area contributed by atoms with Gasteiger partial charge in [0.1, 0.15) is 23.8 Å². The number of urea groups is 1. The van der Waals surface area contributed by atoms with Gasteiger partial charge in [-0.3, -0.25) is 4.79 Å². The number of hydrogen-bond acceptors (Lipinski definition) is 6. The van der Waals surface area contributed by atoms with E-state index in [9.17, 15) is 9.59 Å². The minimum absolute atomic E-state index is 0.0314. The van der Waals surface area contributed by atoms with Crippen molar-refractivity contribution in [3.8, 4) is 17.2 Å². The Kier molecular flexibility index (Phi) is 7.99. The van der Waals surface area contributed by atoms with Crippen LogP contribution in [-0.2, 0) is 4.79 Å². The van der Waals surface area contributed by atoms with E-state index in [1.54, 1.807) is 34.4 Å². The summed E-state index contributed by atoms with van der Waals surface area (Å²) in [4.78, 5) is 27.0. The first-order chi connectivity index (χ1) is 16.3. The van der Waals surface area contributed by atoms with Crippen molar-refractivity contribution in [3.63, 3.8) is 0 Å². The van der Waals surface area contributed by atoms with Gasteiger partial charge in [0.05, 0.1) is 33.1 Å². The third kappa shape index (κ3) is 5.59. The molecule has 34 heavy (non-hydrogen) atoms. The predicted molar refractivity (Wildman–Crippen MR) is 130 cm³/mol. The summed E-state index contributed by atoms with van der Waals surface area (Å²) in [7, 11) is 6.37. The van der Waals surface area contributed by atoms with Gasteiger partial charge in [-0.1, -0.05) is 12.1 Å². The lowest BCUT2D eigenvalue weighted by atomic mass is 9.97. The minimum atomic E-state index is -0.332. The SMILES string of the molecule is COc1ccc(C2CC(c3ccc(OC)cc3OC)=NN2C(=O)CN(C)C(=O)NC(C)C)cc1. The second-order valence-electron chi connectivity index (χ2n) is 8.30. The summed E-state index contributed by atoms with van der Waals surface area (Å²) < 4.78 is 16.1. The number of carbonyl (C=O) groups is 2. The molecule has 0 radical (unpaired) electrons. The Balaban J connectivity index is 1.93. The summed E-state index contributed by atoms with van der Waals surface area (Å²) >= 11 is 0. The molecule has 1 heterocycles. The van der Waals surface area contributed by atoms with Gasteiger partial charge in [-0.2, -0.15) is 5.10 Å². The zero-order chi connectivity index (χ0) is 24.8. The average molecular weight is 469 g/mol. The highest BCUT2D eigenvalue weighted by Gasteiger charge is 2.35. The molecule has 0 aliphatic carbocycles. The zero-order valence-corrected chi connectivity index (χ0v) is 20.5. The van der Waals surface area contributed by atoms with Crippen molar-refractivity contribution >= 4 is 17.6 Å². The number of benzene rings is 2. The first-order valence-electron chi connectivity index (χ1n) is 11.0. The van der Waals surface area contributed by atoms with Crippen LogP contribution < -0.4 is 19.5 Å². The largest absolute Gasteiger partial charge is 0.497 e. The quantitative estimate of drug-likeness (QED) is 0.641. The molecule has 3 amide bonds. The zero-order valence-electron chi connectivity index (χ0n) is 20.5. The number of hydrogen-bond donors (Lipinski definition) is 1. The van der Waals surface area contributed by atoms with E-state index in [1.807, 2.05) is 50.2 Å². The maximum absolute atomic E-state index is 13.3. The van der Waals surface area contributed by atoms with Crippen LogP contribution in [-0.4, -0.2) is 68.5 Å². The molecule has 0 spiro atoms. The Morgan fingerprint density at radius 3 is 2.29 bits per heavy atom. The molecule has 0 fully saturated rings. The number of amides is 3. The summed E-state index contributed by atoms with van der Waals surface area (Å²) in [6, 6.07) is 12.4. The van der Waals surface area contributed by atoms with E-state index in [0.717, 1.165) is 16.9 Å². The van der Waals surface area contributed by atoms with Crippen molar-refractivity contribution in [2.45, 2.75) is 32.4 Å². The van der Waals surface area contributed by atoms with Crippen molar-refractivity contribution < 1.29 is 23.8 Å². The van der Waals surface area contributed by atoms with Crippen LogP contribution in [0.15, 0.2) is 47.6 Å². The number of nitrogens with one attached hydrogen (secondary N) is 1. The molecule has 1 N–H and O–H groups in total. The van der Waals surface area contributed by atoms with Gasteiger partial charge in [0, 0.05) is 31.1 Å². The lowest BCUT2D eigenvalue weighted by molar-refractivity contribution is -0.133. The minimum Gasteiger partial charge on any atom is -0.497 e. The van der Waals surface area contributed by atoms with E-state index in [1.165, 1.54) is 9.91 Å². The third-order valence-electron chi connectivity index (χ3n) is 5.52. The molecule has 182 valence electrons. The van der Waals surface area contributed by atoms with Gasteiger partial charge >= 0.3 is 6.03 Å². The molecule has 1 atom stereocenters. The van der Waals surface area contributed by atoms with Crippen molar-refractivity contribution in [2.24, 2.45) is 5.10 Å². The summed E-state index contributed by atoms with van der Waals surface area (Å²) in [5, 5.41) is 8.94. The molecule has 2 aromatic carbocycles. The molecular formula is C25H32N4O5. The molecule has 9 nitrogen and oxygen atoms in total. The fraction of sp³-hybridized carbons (Fsp3) is 0.400. The summed E-state index contributed by atoms with van der Waals surface area (Å²) in [5.41, 5.74) is 2.40. The molecule has 9 heteroatoms. The Morgan fingerprint density at radius 2 is 1.71 bits per heavy atom. The van der Waals surface area contributed by atoms with Crippen LogP contribution in [0.1, 0.15) is 37.4 Å². The van der Waals surface area contributed by atoms with Crippen LogP contribution in [0.3, 0.4) is 0 Å². The van der Waals surface area contributed by atoms with Crippen molar-refractivity contribution in [1.82, 2.24) is 15.2 Å². The number of nitrogens with zero attached hydrogens (tertiary/aromatic N) is 3. The molecule has 1 aliphatic heterocycles. The second-order valence-corrected chi connectivity index (χ2v) is 8.30. The molecule has 0 saturated heterocycles. The fourth-order valence-corrected chi connectivity index (χ4v) is 3.73. The summed E-state index contributed by atoms with van der Waals surface area (Å²) in [5.74, 6) is 1.71. The topological polar surface area (TPSA) is 92.7 Å². The highest BCUT2D eigenvalue weighted by Crippen LogP contribution is 2.36. The molecule has 1 aliphatic rings. The van der Waals surface area contributed by atoms with Gasteiger partial charge in [0.25, 0.3) is 5.91 Å². The number of rotatable bonds is 8. The maximum Gasteiger partial charge on any atom is 0.317 e. The number of likely N-dealkylation sites (N-methyl/N-ethyl adjacent to an activating group) is 1. The molecule has 1 unspecified atom stereocenters. The van der Waals surface area contributed by atoms with Crippen LogP contribution in [0.4, 0.5) is 4.79 Å². The molecular weight excluding hydrogens is 436 g/mol. The average Bonchev–Trinajstić information content (AvgIpc) is 3.28. The van der Waals surface area contributed by atoms with Crippen LogP contribution in [0, 0.1) is 0 Å². The molecule has 2 aromatic rings. The van der Waals surface area contributed by atoms with Gasteiger partial charge in [-0.05, 0) is 43.7 Å². The molecule has 3 rings (SSSR count). The number of ether oxygens (including phenoxy) is 3. The lowest BCUT2D eigenvalue weighted by Crippen LogP contribution is -2.45. The highest BCUT2D eigenvalue weighted by molar-refractivity contribution is 6.05. The predicted octanol–water partition coefficient (Wildman–Crippen LogP) is 3.44. The number of methoxy groups -OCH3 is 3. The van der Waals surface area contributed by atoms with Crippen LogP contribution >= 0.6 is 0 Å². The summed E-state index contributed by atoms with van der Waals surface area (Å²) in [6.07, 6.45) is 0.489. The molecule has 0 saturated carbocycles. The van der Waals surface area contributed by atoms with Gasteiger partial charge < -0.3 is 24.4 Å². The standard InChI is InChI=1S/C25H32N4O5/c1-16(2)26-25(31)28(3)15-24(30)29-22(17-7-9-18(32-4)10-8-17)14-21(27-29)20-12-11-19(33-5)13-23(20)34-6/h7-13,16,22H,14-15H2,1-6H3,(H,26,31). The van der Waals surface area contributed by atoms with Gasteiger partial charge in [0.15, 0.2) is 0 Å².